The van der Waals surface area contributed by atoms with E-state index in [4.69, 9.17) is 5.73 Å². The maximum atomic E-state index is 12.7. The Labute approximate surface area is 128 Å². The Balaban J connectivity index is 2.31. The summed E-state index contributed by atoms with van der Waals surface area (Å²) in [6.07, 6.45) is 3.16. The molecular weight excluding hydrogens is 284 g/mol. The van der Waals surface area contributed by atoms with Gasteiger partial charge in [-0.2, -0.15) is 0 Å². The van der Waals surface area contributed by atoms with Crippen LogP contribution < -0.4 is 10.5 Å². The first-order valence-electron chi connectivity index (χ1n) is 7.61. The van der Waals surface area contributed by atoms with E-state index in [1.54, 1.807) is 12.1 Å². The second kappa shape index (κ2) is 5.97. The molecule has 4 nitrogen and oxygen atoms in total. The molecule has 118 valence electrons. The third kappa shape index (κ3) is 3.40. The third-order valence-corrected chi connectivity index (χ3v) is 6.56. The third-order valence-electron chi connectivity index (χ3n) is 4.94. The Kier molecular flexibility index (Phi) is 4.63. The van der Waals surface area contributed by atoms with Gasteiger partial charge in [-0.25, -0.2) is 13.1 Å². The van der Waals surface area contributed by atoms with Crippen molar-refractivity contribution in [1.82, 2.24) is 4.72 Å². The minimum absolute atomic E-state index is 0.0138. The molecule has 0 spiro atoms. The standard InChI is InChI=1S/C16H26N2O2S/c1-10-6-5-7-15(12(10)3)18-21(19,20)16-9-14(17)8-11(2)13(16)4/h8-10,12,15,18H,5-7,17H2,1-4H3. The number of rotatable bonds is 3. The fraction of sp³-hybridized carbons (Fsp3) is 0.625. The predicted octanol–water partition coefficient (Wildman–Crippen LogP) is 2.99. The molecule has 1 aromatic carbocycles. The quantitative estimate of drug-likeness (QED) is 0.843. The van der Waals surface area contributed by atoms with E-state index in [0.29, 0.717) is 22.4 Å². The normalized spacial score (nSPS) is 26.8. The van der Waals surface area contributed by atoms with Crippen molar-refractivity contribution in [3.8, 4) is 0 Å². The summed E-state index contributed by atoms with van der Waals surface area (Å²) >= 11 is 0. The van der Waals surface area contributed by atoms with Crippen LogP contribution in [0, 0.1) is 25.7 Å². The summed E-state index contributed by atoms with van der Waals surface area (Å²) < 4.78 is 28.3. The van der Waals surface area contributed by atoms with Gasteiger partial charge >= 0.3 is 0 Å². The van der Waals surface area contributed by atoms with Crippen molar-refractivity contribution in [3.05, 3.63) is 23.3 Å². The summed E-state index contributed by atoms with van der Waals surface area (Å²) in [5, 5.41) is 0. The van der Waals surface area contributed by atoms with Crippen LogP contribution in [0.3, 0.4) is 0 Å². The van der Waals surface area contributed by atoms with E-state index in [2.05, 4.69) is 18.6 Å². The van der Waals surface area contributed by atoms with E-state index in [1.807, 2.05) is 13.8 Å². The highest BCUT2D eigenvalue weighted by Gasteiger charge is 2.31. The topological polar surface area (TPSA) is 72.2 Å². The van der Waals surface area contributed by atoms with Crippen molar-refractivity contribution < 1.29 is 8.42 Å². The molecule has 1 fully saturated rings. The maximum absolute atomic E-state index is 12.7. The van der Waals surface area contributed by atoms with Gasteiger partial charge in [0, 0.05) is 11.7 Å². The number of hydrogen-bond donors (Lipinski definition) is 2. The summed E-state index contributed by atoms with van der Waals surface area (Å²) in [7, 11) is -3.52. The Bertz CT molecular complexity index is 625. The summed E-state index contributed by atoms with van der Waals surface area (Å²) in [4.78, 5) is 0.311. The number of hydrogen-bond acceptors (Lipinski definition) is 3. The van der Waals surface area contributed by atoms with Crippen LogP contribution in [0.1, 0.15) is 44.2 Å². The molecule has 2 rings (SSSR count). The SMILES string of the molecule is Cc1cc(N)cc(S(=O)(=O)NC2CCCC(C)C2C)c1C. The van der Waals surface area contributed by atoms with Gasteiger partial charge in [0.1, 0.15) is 0 Å². The molecule has 1 aliphatic carbocycles. The van der Waals surface area contributed by atoms with Crippen LogP contribution >= 0.6 is 0 Å². The van der Waals surface area contributed by atoms with Crippen molar-refractivity contribution in [2.75, 3.05) is 5.73 Å². The summed E-state index contributed by atoms with van der Waals surface area (Å²) in [5.74, 6) is 0.908. The van der Waals surface area contributed by atoms with Gasteiger partial charge in [-0.1, -0.05) is 26.7 Å². The summed E-state index contributed by atoms with van der Waals surface area (Å²) in [6, 6.07) is 3.38. The van der Waals surface area contributed by atoms with E-state index >= 15 is 0 Å². The van der Waals surface area contributed by atoms with Crippen LogP contribution in [0.25, 0.3) is 0 Å². The lowest BCUT2D eigenvalue weighted by atomic mass is 9.78. The van der Waals surface area contributed by atoms with Crippen molar-refractivity contribution in [3.63, 3.8) is 0 Å². The van der Waals surface area contributed by atoms with Gasteiger partial charge in [-0.05, 0) is 55.4 Å². The molecule has 3 N–H and O–H groups in total. The molecule has 3 atom stereocenters. The van der Waals surface area contributed by atoms with Gasteiger partial charge < -0.3 is 5.73 Å². The van der Waals surface area contributed by atoms with E-state index in [9.17, 15) is 8.42 Å². The highest BCUT2D eigenvalue weighted by molar-refractivity contribution is 7.89. The van der Waals surface area contributed by atoms with Crippen molar-refractivity contribution in [2.24, 2.45) is 11.8 Å². The maximum Gasteiger partial charge on any atom is 0.241 e. The van der Waals surface area contributed by atoms with Crippen molar-refractivity contribution in [1.29, 1.82) is 0 Å². The van der Waals surface area contributed by atoms with Gasteiger partial charge in [0.2, 0.25) is 10.0 Å². The lowest BCUT2D eigenvalue weighted by molar-refractivity contribution is 0.227. The highest BCUT2D eigenvalue weighted by Crippen LogP contribution is 2.31. The van der Waals surface area contributed by atoms with Gasteiger partial charge in [0.25, 0.3) is 0 Å². The molecule has 0 heterocycles. The largest absolute Gasteiger partial charge is 0.399 e. The Morgan fingerprint density at radius 3 is 2.52 bits per heavy atom. The number of nitrogen functional groups attached to an aromatic ring is 1. The lowest BCUT2D eigenvalue weighted by Crippen LogP contribution is -2.43. The first-order chi connectivity index (χ1) is 9.72. The molecule has 0 radical (unpaired) electrons. The number of anilines is 1. The Hall–Kier alpha value is -1.07. The predicted molar refractivity (Wildman–Crippen MR) is 86.6 cm³/mol. The lowest BCUT2D eigenvalue weighted by Gasteiger charge is -2.34. The fourth-order valence-corrected chi connectivity index (χ4v) is 4.86. The molecule has 1 saturated carbocycles. The van der Waals surface area contributed by atoms with Gasteiger partial charge in [-0.15, -0.1) is 0 Å². The van der Waals surface area contributed by atoms with Crippen LogP contribution in [0.2, 0.25) is 0 Å². The second-order valence-corrected chi connectivity index (χ2v) is 8.14. The van der Waals surface area contributed by atoms with E-state index in [-0.39, 0.29) is 6.04 Å². The average Bonchev–Trinajstić information content (AvgIpc) is 2.39. The minimum Gasteiger partial charge on any atom is -0.399 e. The number of sulfonamides is 1. The number of nitrogens with one attached hydrogen (secondary N) is 1. The van der Waals surface area contributed by atoms with Crippen LogP contribution in [0.4, 0.5) is 5.69 Å². The van der Waals surface area contributed by atoms with E-state index < -0.39 is 10.0 Å². The average molecular weight is 310 g/mol. The summed E-state index contributed by atoms with van der Waals surface area (Å²) in [5.41, 5.74) is 7.98. The Morgan fingerprint density at radius 1 is 1.19 bits per heavy atom. The molecule has 0 aliphatic heterocycles. The van der Waals surface area contributed by atoms with Crippen molar-refractivity contribution in [2.45, 2.75) is 57.9 Å². The molecular formula is C16H26N2O2S. The van der Waals surface area contributed by atoms with Crippen LogP contribution in [0.5, 0.6) is 0 Å². The van der Waals surface area contributed by atoms with E-state index in [0.717, 1.165) is 24.0 Å². The number of benzene rings is 1. The second-order valence-electron chi connectivity index (χ2n) is 6.46. The van der Waals surface area contributed by atoms with Crippen molar-refractivity contribution >= 4 is 15.7 Å². The smallest absolute Gasteiger partial charge is 0.241 e. The fourth-order valence-electron chi connectivity index (χ4n) is 3.14. The molecule has 1 aliphatic rings. The van der Waals surface area contributed by atoms with Crippen LogP contribution in [-0.2, 0) is 10.0 Å². The molecule has 3 unspecified atom stereocenters. The zero-order chi connectivity index (χ0) is 15.8. The van der Waals surface area contributed by atoms with Crippen LogP contribution in [-0.4, -0.2) is 14.5 Å². The monoisotopic (exact) mass is 310 g/mol. The summed E-state index contributed by atoms with van der Waals surface area (Å²) in [6.45, 7) is 8.04. The molecule has 0 aromatic heterocycles. The first-order valence-corrected chi connectivity index (χ1v) is 9.09. The molecule has 21 heavy (non-hydrogen) atoms. The zero-order valence-corrected chi connectivity index (χ0v) is 14.1. The van der Waals surface area contributed by atoms with Gasteiger partial charge in [0.05, 0.1) is 4.90 Å². The van der Waals surface area contributed by atoms with E-state index in [1.165, 1.54) is 6.42 Å². The molecule has 0 amide bonds. The molecule has 0 saturated heterocycles. The number of nitrogens with two attached hydrogens (primary N) is 1. The molecule has 5 heteroatoms. The molecule has 1 aromatic rings. The first kappa shape index (κ1) is 16.3. The highest BCUT2D eigenvalue weighted by atomic mass is 32.2. The number of aryl methyl sites for hydroxylation is 1. The minimum atomic E-state index is -3.52. The van der Waals surface area contributed by atoms with Gasteiger partial charge in [-0.3, -0.25) is 0 Å². The van der Waals surface area contributed by atoms with Gasteiger partial charge in [0.15, 0.2) is 0 Å². The molecule has 0 bridgehead atoms. The Morgan fingerprint density at radius 2 is 1.86 bits per heavy atom. The van der Waals surface area contributed by atoms with Crippen LogP contribution in [0.15, 0.2) is 17.0 Å². The zero-order valence-electron chi connectivity index (χ0n) is 13.3.